The molecule has 2 nitrogen and oxygen atoms in total. The summed E-state index contributed by atoms with van der Waals surface area (Å²) < 4.78 is 0. The minimum absolute atomic E-state index is 0.132. The van der Waals surface area contributed by atoms with Gasteiger partial charge < -0.3 is 0 Å². The largest absolute Gasteiger partial charge is 0.264 e. The summed E-state index contributed by atoms with van der Waals surface area (Å²) in [5.74, 6) is 0.132. The molecular weight excluding hydrogens is 617 g/mol. The van der Waals surface area contributed by atoms with Crippen LogP contribution in [0.4, 0.5) is 0 Å². The van der Waals surface area contributed by atoms with E-state index in [1.807, 2.05) is 12.3 Å². The summed E-state index contributed by atoms with van der Waals surface area (Å²) in [5.41, 5.74) is 12.4. The van der Waals surface area contributed by atoms with E-state index in [1.165, 1.54) is 49.4 Å². The predicted molar refractivity (Wildman–Crippen MR) is 217 cm³/mol. The number of hydrogen-bond donors (Lipinski definition) is 0. The van der Waals surface area contributed by atoms with Crippen LogP contribution in [0, 0.1) is 0 Å². The average Bonchev–Trinajstić information content (AvgIpc) is 3.21. The first-order chi connectivity index (χ1) is 25.1. The molecule has 8 aromatic rings. The average molecular weight is 655 g/mol. The van der Waals surface area contributed by atoms with E-state index in [0.717, 1.165) is 33.7 Å². The molecule has 0 spiro atoms. The zero-order valence-corrected chi connectivity index (χ0v) is 28.9. The van der Waals surface area contributed by atoms with Crippen LogP contribution in [-0.4, -0.2) is 10.7 Å². The molecule has 51 heavy (non-hydrogen) atoms. The molecule has 0 N–H and O–H groups in total. The van der Waals surface area contributed by atoms with Gasteiger partial charge in [-0.05, 0) is 96.7 Å². The zero-order chi connectivity index (χ0) is 34.6. The summed E-state index contributed by atoms with van der Waals surface area (Å²) in [7, 11) is 0. The lowest BCUT2D eigenvalue weighted by Crippen LogP contribution is -1.98. The molecule has 1 atom stereocenters. The van der Waals surface area contributed by atoms with Gasteiger partial charge in [0, 0.05) is 24.0 Å². The van der Waals surface area contributed by atoms with Gasteiger partial charge in [0.05, 0.1) is 5.70 Å². The van der Waals surface area contributed by atoms with Gasteiger partial charge >= 0.3 is 0 Å². The fourth-order valence-electron chi connectivity index (χ4n) is 6.96. The van der Waals surface area contributed by atoms with Crippen molar-refractivity contribution in [1.29, 1.82) is 0 Å². The number of allylic oxidation sites excluding steroid dienone is 1. The zero-order valence-electron chi connectivity index (χ0n) is 28.9. The molecular formula is C49H38N2. The quantitative estimate of drug-likeness (QED) is 0.118. The number of hydrogen-bond acceptors (Lipinski definition) is 2. The van der Waals surface area contributed by atoms with Crippen LogP contribution < -0.4 is 0 Å². The SMILES string of the molecule is CC(=N/C(=C\C(C)c1ccc(-c2cc3ccccc3c3ccccc23)cc1)c1ccc(-c2cccnc2)cc1)c1cccc(-c2ccccc2)c1. The van der Waals surface area contributed by atoms with Gasteiger partial charge in [0.25, 0.3) is 0 Å². The third-order valence-corrected chi connectivity index (χ3v) is 9.77. The number of aromatic nitrogens is 1. The minimum Gasteiger partial charge on any atom is -0.264 e. The lowest BCUT2D eigenvalue weighted by atomic mass is 9.91. The van der Waals surface area contributed by atoms with Crippen LogP contribution in [0.5, 0.6) is 0 Å². The van der Waals surface area contributed by atoms with Crippen molar-refractivity contribution in [2.24, 2.45) is 4.99 Å². The molecule has 0 saturated heterocycles. The van der Waals surface area contributed by atoms with Gasteiger partial charge in [-0.15, -0.1) is 0 Å². The van der Waals surface area contributed by atoms with Crippen molar-refractivity contribution in [2.45, 2.75) is 19.8 Å². The molecule has 8 rings (SSSR count). The highest BCUT2D eigenvalue weighted by Crippen LogP contribution is 2.36. The van der Waals surface area contributed by atoms with Gasteiger partial charge in [0.15, 0.2) is 0 Å². The first kappa shape index (κ1) is 31.9. The highest BCUT2D eigenvalue weighted by Gasteiger charge is 2.12. The number of benzene rings is 7. The lowest BCUT2D eigenvalue weighted by molar-refractivity contribution is 0.967. The molecule has 1 aromatic heterocycles. The Kier molecular flexibility index (Phi) is 8.89. The van der Waals surface area contributed by atoms with E-state index in [0.29, 0.717) is 0 Å². The van der Waals surface area contributed by atoms with Crippen molar-refractivity contribution in [3.05, 3.63) is 205 Å². The molecule has 244 valence electrons. The van der Waals surface area contributed by atoms with Crippen molar-refractivity contribution in [3.63, 3.8) is 0 Å². The second-order valence-electron chi connectivity index (χ2n) is 13.1. The second-order valence-corrected chi connectivity index (χ2v) is 13.1. The maximum atomic E-state index is 5.31. The van der Waals surface area contributed by atoms with E-state index >= 15 is 0 Å². The second kappa shape index (κ2) is 14.2. The summed E-state index contributed by atoms with van der Waals surface area (Å²) in [6.07, 6.45) is 6.01. The molecule has 0 aliphatic carbocycles. The third-order valence-electron chi connectivity index (χ3n) is 9.77. The Labute approximate surface area is 300 Å². The molecule has 2 heteroatoms. The molecule has 0 aliphatic heterocycles. The Balaban J connectivity index is 1.15. The van der Waals surface area contributed by atoms with Crippen molar-refractivity contribution in [2.75, 3.05) is 0 Å². The van der Waals surface area contributed by atoms with Crippen LogP contribution in [0.15, 0.2) is 193 Å². The first-order valence-corrected chi connectivity index (χ1v) is 17.6. The van der Waals surface area contributed by atoms with Gasteiger partial charge in [0.1, 0.15) is 0 Å². The molecule has 0 amide bonds. The fourth-order valence-corrected chi connectivity index (χ4v) is 6.96. The molecule has 0 saturated carbocycles. The first-order valence-electron chi connectivity index (χ1n) is 17.6. The predicted octanol–water partition coefficient (Wildman–Crippen LogP) is 13.0. The van der Waals surface area contributed by atoms with E-state index in [4.69, 9.17) is 4.99 Å². The molecule has 1 heterocycles. The van der Waals surface area contributed by atoms with E-state index < -0.39 is 0 Å². The highest BCUT2D eigenvalue weighted by molar-refractivity contribution is 6.13. The van der Waals surface area contributed by atoms with Crippen LogP contribution in [0.3, 0.4) is 0 Å². The minimum atomic E-state index is 0.132. The van der Waals surface area contributed by atoms with Gasteiger partial charge in [-0.2, -0.15) is 0 Å². The summed E-state index contributed by atoms with van der Waals surface area (Å²) >= 11 is 0. The lowest BCUT2D eigenvalue weighted by Gasteiger charge is -2.14. The van der Waals surface area contributed by atoms with Crippen molar-refractivity contribution < 1.29 is 0 Å². The number of aliphatic imine (C=N–C) groups is 1. The van der Waals surface area contributed by atoms with Gasteiger partial charge in [0.2, 0.25) is 0 Å². The van der Waals surface area contributed by atoms with Gasteiger partial charge in [-0.1, -0.05) is 165 Å². The Morgan fingerprint density at radius 1 is 0.529 bits per heavy atom. The van der Waals surface area contributed by atoms with E-state index in [1.54, 1.807) is 6.20 Å². The maximum absolute atomic E-state index is 5.31. The third kappa shape index (κ3) is 6.77. The summed E-state index contributed by atoms with van der Waals surface area (Å²) in [6, 6.07) is 60.7. The summed E-state index contributed by atoms with van der Waals surface area (Å²) in [4.78, 5) is 9.63. The Bertz CT molecular complexity index is 2510. The molecule has 0 fully saturated rings. The maximum Gasteiger partial charge on any atom is 0.0671 e. The summed E-state index contributed by atoms with van der Waals surface area (Å²) in [6.45, 7) is 4.36. The van der Waals surface area contributed by atoms with Crippen molar-refractivity contribution in [3.8, 4) is 33.4 Å². The number of pyridine rings is 1. The van der Waals surface area contributed by atoms with Crippen molar-refractivity contribution in [1.82, 2.24) is 4.98 Å². The van der Waals surface area contributed by atoms with Crippen molar-refractivity contribution >= 4 is 33.0 Å². The number of rotatable bonds is 8. The summed E-state index contributed by atoms with van der Waals surface area (Å²) in [5, 5.41) is 5.10. The van der Waals surface area contributed by atoms with Crippen LogP contribution in [0.2, 0.25) is 0 Å². The Hall–Kier alpha value is -6.38. The van der Waals surface area contributed by atoms with Gasteiger partial charge in [-0.3, -0.25) is 9.98 Å². The van der Waals surface area contributed by atoms with E-state index in [9.17, 15) is 0 Å². The fraction of sp³-hybridized carbons (Fsp3) is 0.0612. The molecule has 7 aromatic carbocycles. The van der Waals surface area contributed by atoms with Crippen LogP contribution in [0.25, 0.3) is 60.6 Å². The van der Waals surface area contributed by atoms with E-state index in [2.05, 4.69) is 189 Å². The standard InChI is InChI=1S/C49H38N2/c1-34(36-21-25-39(26-22-36)48-32-43-14-6-7-18-45(43)46-19-8-9-20-47(46)48)30-49(40-27-23-38(24-28-40)44-17-11-29-50-33-44)51-35(2)41-15-10-16-42(31-41)37-12-4-3-5-13-37/h3-34H,1-2H3/b49-30-,51-35?. The van der Waals surface area contributed by atoms with E-state index in [-0.39, 0.29) is 5.92 Å². The Morgan fingerprint density at radius 3 is 1.94 bits per heavy atom. The molecule has 0 aliphatic rings. The smallest absolute Gasteiger partial charge is 0.0671 e. The normalized spacial score (nSPS) is 12.7. The molecule has 0 bridgehead atoms. The monoisotopic (exact) mass is 654 g/mol. The van der Waals surface area contributed by atoms with Gasteiger partial charge in [-0.25, -0.2) is 0 Å². The van der Waals surface area contributed by atoms with Crippen LogP contribution >= 0.6 is 0 Å². The van der Waals surface area contributed by atoms with Crippen LogP contribution in [0.1, 0.15) is 36.5 Å². The molecule has 0 radical (unpaired) electrons. The topological polar surface area (TPSA) is 25.2 Å². The number of nitrogens with zero attached hydrogens (tertiary/aromatic N) is 2. The molecule has 1 unspecified atom stereocenters. The van der Waals surface area contributed by atoms with Crippen LogP contribution in [-0.2, 0) is 0 Å². The number of fused-ring (bicyclic) bond motifs is 3. The highest BCUT2D eigenvalue weighted by atomic mass is 14.8. The Morgan fingerprint density at radius 2 is 1.18 bits per heavy atom.